The van der Waals surface area contributed by atoms with Gasteiger partial charge in [-0.25, -0.2) is 0 Å². The number of allylic oxidation sites excluding steroid dienone is 8. The van der Waals surface area contributed by atoms with Gasteiger partial charge in [-0.1, -0.05) is 339 Å². The van der Waals surface area contributed by atoms with Crippen molar-refractivity contribution in [3.05, 3.63) is 48.6 Å². The maximum Gasteiger partial charge on any atom is 0.306 e. The van der Waals surface area contributed by atoms with Crippen LogP contribution in [-0.2, 0) is 28.6 Å². The van der Waals surface area contributed by atoms with Gasteiger partial charge in [0, 0.05) is 19.3 Å². The van der Waals surface area contributed by atoms with Gasteiger partial charge in [-0.15, -0.1) is 0 Å². The number of ether oxygens (including phenoxy) is 3. The summed E-state index contributed by atoms with van der Waals surface area (Å²) in [4.78, 5) is 38.5. The molecule has 81 heavy (non-hydrogen) atoms. The first kappa shape index (κ1) is 78.4. The molecule has 6 nitrogen and oxygen atoms in total. The molecule has 0 fully saturated rings. The van der Waals surface area contributed by atoms with Crippen molar-refractivity contribution >= 4 is 17.9 Å². The molecule has 0 spiro atoms. The standard InChI is InChI=1S/C75H138O6/c1-4-7-10-13-16-19-22-25-28-30-32-34-35-36-37-38-39-41-42-44-47-50-53-56-59-62-65-68-74(77)80-71-72(70-79-73(76)67-64-61-58-55-52-49-46-27-24-21-18-15-12-9-6-3)81-75(78)69-66-63-60-57-54-51-48-45-43-40-33-31-29-26-23-20-17-14-11-8-5-2/h22,25,30-33,35-36,72H,4-21,23-24,26-29,34,37-71H2,1-3H3/b25-22-,32-30-,33-31-,36-35-. The Morgan fingerprint density at radius 1 is 0.247 bits per heavy atom. The van der Waals surface area contributed by atoms with Crippen LogP contribution in [0.3, 0.4) is 0 Å². The Hall–Kier alpha value is -2.63. The predicted octanol–water partition coefficient (Wildman–Crippen LogP) is 24.9. The molecule has 0 saturated heterocycles. The van der Waals surface area contributed by atoms with Gasteiger partial charge in [0.2, 0.25) is 0 Å². The van der Waals surface area contributed by atoms with E-state index in [1.54, 1.807) is 0 Å². The zero-order valence-electron chi connectivity index (χ0n) is 54.6. The van der Waals surface area contributed by atoms with E-state index >= 15 is 0 Å². The Bertz CT molecular complexity index is 1400. The fourth-order valence-electron chi connectivity index (χ4n) is 10.9. The Balaban J connectivity index is 4.28. The Morgan fingerprint density at radius 3 is 0.704 bits per heavy atom. The van der Waals surface area contributed by atoms with Gasteiger partial charge in [0.1, 0.15) is 13.2 Å². The third-order valence-corrected chi connectivity index (χ3v) is 16.3. The molecule has 0 radical (unpaired) electrons. The van der Waals surface area contributed by atoms with Gasteiger partial charge in [0.15, 0.2) is 6.10 Å². The maximum absolute atomic E-state index is 13.0. The Kier molecular flexibility index (Phi) is 67.6. The third-order valence-electron chi connectivity index (χ3n) is 16.3. The van der Waals surface area contributed by atoms with Crippen LogP contribution in [0.25, 0.3) is 0 Å². The van der Waals surface area contributed by atoms with Gasteiger partial charge in [-0.2, -0.15) is 0 Å². The van der Waals surface area contributed by atoms with E-state index < -0.39 is 6.10 Å². The molecule has 6 heteroatoms. The van der Waals surface area contributed by atoms with Gasteiger partial charge in [0.25, 0.3) is 0 Å². The molecule has 1 atom stereocenters. The maximum atomic E-state index is 13.0. The molecule has 0 bridgehead atoms. The van der Waals surface area contributed by atoms with Crippen LogP contribution in [0.5, 0.6) is 0 Å². The molecule has 0 N–H and O–H groups in total. The van der Waals surface area contributed by atoms with E-state index in [0.717, 1.165) is 70.6 Å². The molecule has 0 aromatic heterocycles. The lowest BCUT2D eigenvalue weighted by atomic mass is 10.0. The van der Waals surface area contributed by atoms with Gasteiger partial charge in [0.05, 0.1) is 0 Å². The normalized spacial score (nSPS) is 12.3. The van der Waals surface area contributed by atoms with Gasteiger partial charge < -0.3 is 14.2 Å². The van der Waals surface area contributed by atoms with Crippen molar-refractivity contribution in [1.82, 2.24) is 0 Å². The van der Waals surface area contributed by atoms with Crippen molar-refractivity contribution < 1.29 is 28.6 Å². The second-order valence-corrected chi connectivity index (χ2v) is 24.5. The number of carbonyl (C=O) groups excluding carboxylic acids is 3. The Labute approximate surface area is 505 Å². The Morgan fingerprint density at radius 2 is 0.444 bits per heavy atom. The first-order valence-electron chi connectivity index (χ1n) is 36.1. The number of esters is 3. The van der Waals surface area contributed by atoms with Crippen LogP contribution in [0.4, 0.5) is 0 Å². The monoisotopic (exact) mass is 1140 g/mol. The fourth-order valence-corrected chi connectivity index (χ4v) is 10.9. The minimum Gasteiger partial charge on any atom is -0.462 e. The summed E-state index contributed by atoms with van der Waals surface area (Å²) in [7, 11) is 0. The SMILES string of the molecule is CCCCCCC/C=C\C/C=C\C/C=C\CCCCCCCCCCCCCCC(=O)OCC(COC(=O)CCCCCCCCCCCCCCCCC)OC(=O)CCCCCCCCCCC/C=C\CCCCCCCCCC. The van der Waals surface area contributed by atoms with Gasteiger partial charge >= 0.3 is 17.9 Å². The zero-order chi connectivity index (χ0) is 58.5. The highest BCUT2D eigenvalue weighted by Gasteiger charge is 2.19. The molecular weight excluding hydrogens is 997 g/mol. The molecule has 0 aromatic rings. The van der Waals surface area contributed by atoms with E-state index in [1.165, 1.54) is 283 Å². The molecule has 1 unspecified atom stereocenters. The summed E-state index contributed by atoms with van der Waals surface area (Å²) in [5, 5.41) is 0. The first-order chi connectivity index (χ1) is 40.0. The van der Waals surface area contributed by atoms with Crippen LogP contribution >= 0.6 is 0 Å². The zero-order valence-corrected chi connectivity index (χ0v) is 54.6. The highest BCUT2D eigenvalue weighted by atomic mass is 16.6. The smallest absolute Gasteiger partial charge is 0.306 e. The van der Waals surface area contributed by atoms with Gasteiger partial charge in [-0.3, -0.25) is 14.4 Å². The van der Waals surface area contributed by atoms with Crippen molar-refractivity contribution in [2.75, 3.05) is 13.2 Å². The average molecular weight is 1140 g/mol. The van der Waals surface area contributed by atoms with E-state index in [2.05, 4.69) is 69.4 Å². The molecule has 0 amide bonds. The van der Waals surface area contributed by atoms with Crippen LogP contribution in [0.2, 0.25) is 0 Å². The molecule has 0 rings (SSSR count). The summed E-state index contributed by atoms with van der Waals surface area (Å²) in [5.74, 6) is -0.845. The van der Waals surface area contributed by atoms with Gasteiger partial charge in [-0.05, 0) is 83.5 Å². The second kappa shape index (κ2) is 69.9. The quantitative estimate of drug-likeness (QED) is 0.0261. The minimum absolute atomic E-state index is 0.0694. The lowest BCUT2D eigenvalue weighted by Gasteiger charge is -2.18. The molecule has 0 heterocycles. The summed E-state index contributed by atoms with van der Waals surface area (Å²) < 4.78 is 17.0. The lowest BCUT2D eigenvalue weighted by Crippen LogP contribution is -2.30. The van der Waals surface area contributed by atoms with E-state index in [1.807, 2.05) is 0 Å². The summed E-state index contributed by atoms with van der Waals surface area (Å²) in [5.41, 5.74) is 0. The summed E-state index contributed by atoms with van der Waals surface area (Å²) in [6.07, 6.45) is 88.5. The van der Waals surface area contributed by atoms with Crippen LogP contribution in [0.1, 0.15) is 393 Å². The van der Waals surface area contributed by atoms with Crippen LogP contribution in [0, 0.1) is 0 Å². The molecule has 0 saturated carbocycles. The topological polar surface area (TPSA) is 78.9 Å². The number of carbonyl (C=O) groups is 3. The molecule has 0 aliphatic carbocycles. The van der Waals surface area contributed by atoms with E-state index in [-0.39, 0.29) is 31.1 Å². The molecule has 474 valence electrons. The highest BCUT2D eigenvalue weighted by molar-refractivity contribution is 5.71. The fraction of sp³-hybridized carbons (Fsp3) is 0.853. The summed E-state index contributed by atoms with van der Waals surface area (Å²) in [6, 6.07) is 0. The lowest BCUT2D eigenvalue weighted by molar-refractivity contribution is -0.167. The van der Waals surface area contributed by atoms with E-state index in [0.29, 0.717) is 19.3 Å². The number of rotatable bonds is 67. The van der Waals surface area contributed by atoms with E-state index in [4.69, 9.17) is 14.2 Å². The average Bonchev–Trinajstić information content (AvgIpc) is 3.47. The summed E-state index contributed by atoms with van der Waals surface area (Å²) >= 11 is 0. The second-order valence-electron chi connectivity index (χ2n) is 24.5. The largest absolute Gasteiger partial charge is 0.462 e. The molecule has 0 aliphatic rings. The van der Waals surface area contributed by atoms with Crippen molar-refractivity contribution in [3.63, 3.8) is 0 Å². The number of hydrogen-bond donors (Lipinski definition) is 0. The molecule has 0 aliphatic heterocycles. The van der Waals surface area contributed by atoms with Crippen LogP contribution in [-0.4, -0.2) is 37.2 Å². The summed E-state index contributed by atoms with van der Waals surface area (Å²) in [6.45, 7) is 6.70. The van der Waals surface area contributed by atoms with Crippen LogP contribution < -0.4 is 0 Å². The predicted molar refractivity (Wildman–Crippen MR) is 353 cm³/mol. The van der Waals surface area contributed by atoms with Crippen LogP contribution in [0.15, 0.2) is 48.6 Å². The van der Waals surface area contributed by atoms with Crippen molar-refractivity contribution in [1.29, 1.82) is 0 Å². The molecular formula is C75H138O6. The third kappa shape index (κ3) is 68.0. The van der Waals surface area contributed by atoms with Crippen molar-refractivity contribution in [3.8, 4) is 0 Å². The molecule has 0 aromatic carbocycles. The van der Waals surface area contributed by atoms with Crippen molar-refractivity contribution in [2.24, 2.45) is 0 Å². The number of hydrogen-bond acceptors (Lipinski definition) is 6. The highest BCUT2D eigenvalue weighted by Crippen LogP contribution is 2.18. The number of unbranched alkanes of at least 4 members (excludes halogenated alkanes) is 48. The minimum atomic E-state index is -0.774. The first-order valence-corrected chi connectivity index (χ1v) is 36.1. The van der Waals surface area contributed by atoms with Crippen molar-refractivity contribution in [2.45, 2.75) is 399 Å². The van der Waals surface area contributed by atoms with E-state index in [9.17, 15) is 14.4 Å².